The van der Waals surface area contributed by atoms with Crippen LogP contribution in [0.5, 0.6) is 0 Å². The first-order chi connectivity index (χ1) is 12.0. The second-order valence-electron chi connectivity index (χ2n) is 5.87. The van der Waals surface area contributed by atoms with E-state index in [0.717, 1.165) is 0 Å². The molecule has 1 aromatic carbocycles. The Labute approximate surface area is 146 Å². The molecule has 0 saturated heterocycles. The van der Waals surface area contributed by atoms with Crippen LogP contribution in [0.25, 0.3) is 0 Å². The van der Waals surface area contributed by atoms with E-state index < -0.39 is 24.0 Å². The van der Waals surface area contributed by atoms with Crippen LogP contribution in [0.4, 0.5) is 0 Å². The highest BCUT2D eigenvalue weighted by Gasteiger charge is 2.28. The van der Waals surface area contributed by atoms with Crippen LogP contribution in [-0.2, 0) is 9.59 Å². The van der Waals surface area contributed by atoms with Crippen molar-refractivity contribution in [2.75, 3.05) is 0 Å². The molecule has 0 saturated carbocycles. The number of hydrogen-bond donors (Lipinski definition) is 2. The highest BCUT2D eigenvalue weighted by molar-refractivity contribution is 5.86. The molecule has 0 spiro atoms. The van der Waals surface area contributed by atoms with Crippen LogP contribution in [0.1, 0.15) is 43.1 Å². The first kappa shape index (κ1) is 18.4. The molecule has 132 valence electrons. The summed E-state index contributed by atoms with van der Waals surface area (Å²) in [6.45, 7) is 3.67. The van der Waals surface area contributed by atoms with Gasteiger partial charge in [0.15, 0.2) is 6.04 Å². The van der Waals surface area contributed by atoms with E-state index in [-0.39, 0.29) is 5.56 Å². The van der Waals surface area contributed by atoms with Gasteiger partial charge in [-0.15, -0.1) is 0 Å². The largest absolute Gasteiger partial charge is 0.479 e. The van der Waals surface area contributed by atoms with Gasteiger partial charge in [0, 0.05) is 11.8 Å². The second-order valence-corrected chi connectivity index (χ2v) is 5.87. The number of aromatic nitrogens is 1. The predicted molar refractivity (Wildman–Crippen MR) is 94.3 cm³/mol. The lowest BCUT2D eigenvalue weighted by molar-refractivity contribution is -0.142. The summed E-state index contributed by atoms with van der Waals surface area (Å²) in [6.07, 6.45) is 1.12. The number of amides is 1. The Kier molecular flexibility index (Phi) is 6.11. The summed E-state index contributed by atoms with van der Waals surface area (Å²) in [5, 5.41) is 12.1. The zero-order chi connectivity index (χ0) is 18.4. The first-order valence-electron chi connectivity index (χ1n) is 8.22. The number of rotatable bonds is 7. The summed E-state index contributed by atoms with van der Waals surface area (Å²) in [4.78, 5) is 36.6. The van der Waals surface area contributed by atoms with Crippen LogP contribution < -0.4 is 10.9 Å². The molecule has 0 aliphatic carbocycles. The molecule has 6 heteroatoms. The normalized spacial score (nSPS) is 13.0. The molecule has 1 heterocycles. The van der Waals surface area contributed by atoms with E-state index in [2.05, 4.69) is 5.32 Å². The van der Waals surface area contributed by atoms with E-state index >= 15 is 0 Å². The standard InChI is InChI=1S/C19H22N2O4/c1-3-8-15(21-13(2)9-7-12-16(21)22)18(23)20-17(19(24)25)14-10-5-4-6-11-14/h4-7,9-12,15,17H,3,8H2,1-2H3,(H,20,23)(H,24,25). The molecule has 6 nitrogen and oxygen atoms in total. The van der Waals surface area contributed by atoms with Gasteiger partial charge >= 0.3 is 5.97 Å². The van der Waals surface area contributed by atoms with E-state index in [4.69, 9.17) is 0 Å². The number of carboxylic acid groups (broad SMARTS) is 1. The third-order valence-electron chi connectivity index (χ3n) is 4.04. The van der Waals surface area contributed by atoms with Crippen LogP contribution in [0.2, 0.25) is 0 Å². The lowest BCUT2D eigenvalue weighted by Gasteiger charge is -2.23. The molecule has 2 atom stereocenters. The Morgan fingerprint density at radius 3 is 2.36 bits per heavy atom. The van der Waals surface area contributed by atoms with Gasteiger partial charge in [0.05, 0.1) is 0 Å². The zero-order valence-corrected chi connectivity index (χ0v) is 14.3. The Bertz CT molecular complexity index is 799. The van der Waals surface area contributed by atoms with Gasteiger partial charge in [-0.05, 0) is 25.0 Å². The Morgan fingerprint density at radius 1 is 1.12 bits per heavy atom. The summed E-state index contributed by atoms with van der Waals surface area (Å²) < 4.78 is 1.42. The minimum absolute atomic E-state index is 0.278. The lowest BCUT2D eigenvalue weighted by atomic mass is 10.1. The van der Waals surface area contributed by atoms with Crippen molar-refractivity contribution in [1.82, 2.24) is 9.88 Å². The van der Waals surface area contributed by atoms with Gasteiger partial charge < -0.3 is 15.0 Å². The first-order valence-corrected chi connectivity index (χ1v) is 8.22. The number of aryl methyl sites for hydroxylation is 1. The number of carbonyl (C=O) groups excluding carboxylic acids is 1. The SMILES string of the molecule is CCCC(C(=O)NC(C(=O)O)c1ccccc1)n1c(C)cccc1=O. The Hall–Kier alpha value is -2.89. The second kappa shape index (κ2) is 8.28. The molecular formula is C19H22N2O4. The molecule has 0 radical (unpaired) electrons. The number of carbonyl (C=O) groups is 2. The maximum Gasteiger partial charge on any atom is 0.330 e. The topological polar surface area (TPSA) is 88.4 Å². The number of carboxylic acids is 1. The minimum atomic E-state index is -1.16. The van der Waals surface area contributed by atoms with Crippen molar-refractivity contribution in [1.29, 1.82) is 0 Å². The van der Waals surface area contributed by atoms with Crippen LogP contribution in [0.3, 0.4) is 0 Å². The molecular weight excluding hydrogens is 320 g/mol. The van der Waals surface area contributed by atoms with Gasteiger partial charge in [0.2, 0.25) is 5.91 Å². The van der Waals surface area contributed by atoms with Crippen LogP contribution in [0, 0.1) is 6.92 Å². The predicted octanol–water partition coefficient (Wildman–Crippen LogP) is 2.44. The quantitative estimate of drug-likeness (QED) is 0.809. The number of pyridine rings is 1. The third kappa shape index (κ3) is 4.35. The average Bonchev–Trinajstić information content (AvgIpc) is 2.59. The average molecular weight is 342 g/mol. The van der Waals surface area contributed by atoms with Crippen molar-refractivity contribution in [3.8, 4) is 0 Å². The van der Waals surface area contributed by atoms with E-state index in [1.165, 1.54) is 10.6 Å². The molecule has 0 aliphatic heterocycles. The number of hydrogen-bond acceptors (Lipinski definition) is 3. The maximum atomic E-state index is 12.8. The molecule has 1 amide bonds. The van der Waals surface area contributed by atoms with Crippen molar-refractivity contribution in [3.05, 3.63) is 70.1 Å². The van der Waals surface area contributed by atoms with Crippen LogP contribution in [0.15, 0.2) is 53.3 Å². The highest BCUT2D eigenvalue weighted by atomic mass is 16.4. The molecule has 1 aromatic heterocycles. The number of benzene rings is 1. The smallest absolute Gasteiger partial charge is 0.330 e. The van der Waals surface area contributed by atoms with E-state index in [1.54, 1.807) is 49.4 Å². The Balaban J connectivity index is 2.34. The van der Waals surface area contributed by atoms with Gasteiger partial charge in [0.1, 0.15) is 6.04 Å². The summed E-state index contributed by atoms with van der Waals surface area (Å²) in [5.74, 6) is -1.62. The summed E-state index contributed by atoms with van der Waals surface area (Å²) in [5.41, 5.74) is 0.864. The minimum Gasteiger partial charge on any atom is -0.479 e. The molecule has 2 rings (SSSR count). The summed E-state index contributed by atoms with van der Waals surface area (Å²) in [7, 11) is 0. The maximum absolute atomic E-state index is 12.8. The third-order valence-corrected chi connectivity index (χ3v) is 4.04. The lowest BCUT2D eigenvalue weighted by Crippen LogP contribution is -2.41. The molecule has 2 N–H and O–H groups in total. The molecule has 0 aliphatic rings. The van der Waals surface area contributed by atoms with Gasteiger partial charge in [0.25, 0.3) is 5.56 Å². The fraction of sp³-hybridized carbons (Fsp3) is 0.316. The van der Waals surface area contributed by atoms with Crippen LogP contribution in [-0.4, -0.2) is 21.6 Å². The van der Waals surface area contributed by atoms with E-state index in [9.17, 15) is 19.5 Å². The van der Waals surface area contributed by atoms with Gasteiger partial charge in [-0.2, -0.15) is 0 Å². The van der Waals surface area contributed by atoms with E-state index in [0.29, 0.717) is 24.1 Å². The van der Waals surface area contributed by atoms with Crippen molar-refractivity contribution < 1.29 is 14.7 Å². The number of aliphatic carboxylic acids is 1. The fourth-order valence-electron chi connectivity index (χ4n) is 2.83. The van der Waals surface area contributed by atoms with Gasteiger partial charge in [-0.1, -0.05) is 49.7 Å². The van der Waals surface area contributed by atoms with Crippen LogP contribution >= 0.6 is 0 Å². The van der Waals surface area contributed by atoms with E-state index in [1.807, 2.05) is 6.92 Å². The summed E-state index contributed by atoms with van der Waals surface area (Å²) >= 11 is 0. The number of nitrogens with zero attached hydrogens (tertiary/aromatic N) is 1. The van der Waals surface area contributed by atoms with Gasteiger partial charge in [-0.25, -0.2) is 4.79 Å². The zero-order valence-electron chi connectivity index (χ0n) is 14.3. The molecule has 25 heavy (non-hydrogen) atoms. The molecule has 2 unspecified atom stereocenters. The molecule has 0 fully saturated rings. The Morgan fingerprint density at radius 2 is 1.80 bits per heavy atom. The number of nitrogens with one attached hydrogen (secondary N) is 1. The monoisotopic (exact) mass is 342 g/mol. The van der Waals surface area contributed by atoms with Crippen molar-refractivity contribution in [2.24, 2.45) is 0 Å². The summed E-state index contributed by atoms with van der Waals surface area (Å²) in [6, 6.07) is 11.4. The van der Waals surface area contributed by atoms with Crippen molar-refractivity contribution >= 4 is 11.9 Å². The van der Waals surface area contributed by atoms with Crippen molar-refractivity contribution in [3.63, 3.8) is 0 Å². The fourth-order valence-corrected chi connectivity index (χ4v) is 2.83. The molecule has 0 bridgehead atoms. The molecule has 2 aromatic rings. The highest BCUT2D eigenvalue weighted by Crippen LogP contribution is 2.18. The van der Waals surface area contributed by atoms with Crippen molar-refractivity contribution in [2.45, 2.75) is 38.8 Å². The van der Waals surface area contributed by atoms with Gasteiger partial charge in [-0.3, -0.25) is 9.59 Å².